The molecule has 1 N–H and O–H groups in total. The minimum atomic E-state index is -2.83. The van der Waals surface area contributed by atoms with E-state index in [2.05, 4.69) is 23.9 Å². The van der Waals surface area contributed by atoms with Gasteiger partial charge in [-0.25, -0.2) is 0 Å². The number of benzene rings is 1. The molecule has 0 bridgehead atoms. The zero-order valence-corrected chi connectivity index (χ0v) is 11.9. The summed E-state index contributed by atoms with van der Waals surface area (Å²) in [5.74, 6) is 0.543. The number of hydrogen-bond donors (Lipinski definition) is 1. The number of carbonyl (C=O) groups is 1. The number of ether oxygens (including phenoxy) is 1. The van der Waals surface area contributed by atoms with E-state index >= 15 is 0 Å². The molecule has 0 aliphatic carbocycles. The van der Waals surface area contributed by atoms with E-state index < -0.39 is 6.61 Å². The van der Waals surface area contributed by atoms with Crippen LogP contribution in [0.3, 0.4) is 0 Å². The number of alkyl halides is 2. The van der Waals surface area contributed by atoms with Crippen LogP contribution in [0, 0.1) is 5.92 Å². The van der Waals surface area contributed by atoms with E-state index in [0.29, 0.717) is 12.5 Å². The van der Waals surface area contributed by atoms with Gasteiger partial charge in [0, 0.05) is 6.54 Å². The van der Waals surface area contributed by atoms with E-state index in [1.807, 2.05) is 0 Å². The average molecular weight is 285 g/mol. The van der Waals surface area contributed by atoms with Gasteiger partial charge in [0.2, 0.25) is 5.91 Å². The first-order valence-electron chi connectivity index (χ1n) is 6.85. The first kappa shape index (κ1) is 16.4. The van der Waals surface area contributed by atoms with Gasteiger partial charge in [0.25, 0.3) is 0 Å². The number of amides is 1. The maximum atomic E-state index is 12.0. The van der Waals surface area contributed by atoms with Crippen LogP contribution < -0.4 is 10.1 Å². The van der Waals surface area contributed by atoms with Crippen molar-refractivity contribution in [1.29, 1.82) is 0 Å². The molecule has 1 amide bonds. The first-order valence-corrected chi connectivity index (χ1v) is 6.85. The molecular weight excluding hydrogens is 264 g/mol. The van der Waals surface area contributed by atoms with Gasteiger partial charge >= 0.3 is 6.61 Å². The van der Waals surface area contributed by atoms with Crippen LogP contribution in [0.25, 0.3) is 0 Å². The molecule has 5 heteroatoms. The highest BCUT2D eigenvalue weighted by Gasteiger charge is 2.08. The van der Waals surface area contributed by atoms with Gasteiger partial charge in [-0.1, -0.05) is 38.8 Å². The monoisotopic (exact) mass is 285 g/mol. The van der Waals surface area contributed by atoms with Crippen LogP contribution in [-0.4, -0.2) is 19.1 Å². The second kappa shape index (κ2) is 8.51. The summed E-state index contributed by atoms with van der Waals surface area (Å²) in [6, 6.07) is 6.12. The Balaban J connectivity index is 2.42. The Morgan fingerprint density at radius 3 is 2.30 bits per heavy atom. The minimum absolute atomic E-state index is 0.0561. The number of hydrogen-bond acceptors (Lipinski definition) is 2. The molecule has 1 aromatic rings. The van der Waals surface area contributed by atoms with E-state index in [9.17, 15) is 13.6 Å². The fraction of sp³-hybridized carbons (Fsp3) is 0.533. The fourth-order valence-electron chi connectivity index (χ4n) is 1.87. The summed E-state index contributed by atoms with van der Waals surface area (Å²) in [5, 5.41) is 2.89. The van der Waals surface area contributed by atoms with E-state index in [1.54, 1.807) is 12.1 Å². The maximum Gasteiger partial charge on any atom is 0.387 e. The quantitative estimate of drug-likeness (QED) is 0.795. The number of rotatable bonds is 8. The molecule has 0 saturated heterocycles. The molecule has 1 rings (SSSR count). The van der Waals surface area contributed by atoms with Crippen molar-refractivity contribution in [1.82, 2.24) is 5.32 Å². The van der Waals surface area contributed by atoms with Gasteiger partial charge < -0.3 is 10.1 Å². The van der Waals surface area contributed by atoms with Crippen LogP contribution in [0.2, 0.25) is 0 Å². The van der Waals surface area contributed by atoms with Gasteiger partial charge in [-0.15, -0.1) is 0 Å². The molecule has 0 atom stereocenters. The Morgan fingerprint density at radius 2 is 1.80 bits per heavy atom. The molecular formula is C15H21F2NO2. The van der Waals surface area contributed by atoms with Crippen LogP contribution in [0.1, 0.15) is 32.3 Å². The third-order valence-corrected chi connectivity index (χ3v) is 3.26. The lowest BCUT2D eigenvalue weighted by molar-refractivity contribution is -0.120. The van der Waals surface area contributed by atoms with Crippen LogP contribution in [-0.2, 0) is 11.2 Å². The molecule has 0 aromatic heterocycles. The van der Waals surface area contributed by atoms with Gasteiger partial charge in [-0.3, -0.25) is 4.79 Å². The highest BCUT2D eigenvalue weighted by Crippen LogP contribution is 2.15. The van der Waals surface area contributed by atoms with Crippen molar-refractivity contribution in [2.45, 2.75) is 39.7 Å². The lowest BCUT2D eigenvalue weighted by Gasteiger charge is -2.13. The predicted molar refractivity (Wildman–Crippen MR) is 73.9 cm³/mol. The maximum absolute atomic E-state index is 12.0. The van der Waals surface area contributed by atoms with Crippen molar-refractivity contribution in [2.24, 2.45) is 5.92 Å². The van der Waals surface area contributed by atoms with E-state index in [4.69, 9.17) is 0 Å². The Kier molecular flexibility index (Phi) is 6.98. The van der Waals surface area contributed by atoms with Gasteiger partial charge in [0.1, 0.15) is 5.75 Å². The normalized spacial score (nSPS) is 10.9. The highest BCUT2D eigenvalue weighted by molar-refractivity contribution is 5.78. The molecule has 0 fully saturated rings. The van der Waals surface area contributed by atoms with E-state index in [1.165, 1.54) is 12.1 Å². The van der Waals surface area contributed by atoms with Crippen LogP contribution in [0.15, 0.2) is 24.3 Å². The Labute approximate surface area is 118 Å². The molecule has 0 unspecified atom stereocenters. The minimum Gasteiger partial charge on any atom is -0.435 e. The summed E-state index contributed by atoms with van der Waals surface area (Å²) < 4.78 is 28.2. The van der Waals surface area contributed by atoms with E-state index in [-0.39, 0.29) is 18.1 Å². The average Bonchev–Trinajstić information content (AvgIpc) is 2.41. The lowest BCUT2D eigenvalue weighted by Crippen LogP contribution is -2.30. The Hall–Kier alpha value is -1.65. The van der Waals surface area contributed by atoms with Crippen molar-refractivity contribution in [3.05, 3.63) is 29.8 Å². The lowest BCUT2D eigenvalue weighted by atomic mass is 10.0. The number of halogens is 2. The second-order valence-corrected chi connectivity index (χ2v) is 4.69. The van der Waals surface area contributed by atoms with Crippen molar-refractivity contribution < 1.29 is 18.3 Å². The summed E-state index contributed by atoms with van der Waals surface area (Å²) in [6.07, 6.45) is 2.32. The fourth-order valence-corrected chi connectivity index (χ4v) is 1.87. The van der Waals surface area contributed by atoms with Gasteiger partial charge in [0.15, 0.2) is 0 Å². The smallest absolute Gasteiger partial charge is 0.387 e. The third kappa shape index (κ3) is 5.99. The zero-order valence-electron chi connectivity index (χ0n) is 11.9. The highest BCUT2D eigenvalue weighted by atomic mass is 19.3. The SMILES string of the molecule is CCC(CC)CNC(=O)Cc1ccc(OC(F)F)cc1. The molecule has 0 spiro atoms. The number of nitrogens with one attached hydrogen (secondary N) is 1. The van der Waals surface area contributed by atoms with Gasteiger partial charge in [0.05, 0.1) is 6.42 Å². The summed E-state index contributed by atoms with van der Waals surface area (Å²) in [7, 11) is 0. The summed E-state index contributed by atoms with van der Waals surface area (Å²) >= 11 is 0. The van der Waals surface area contributed by atoms with Gasteiger partial charge in [-0.2, -0.15) is 8.78 Å². The molecule has 0 aliphatic heterocycles. The standard InChI is InChI=1S/C15H21F2NO2/c1-3-11(4-2)10-18-14(19)9-12-5-7-13(8-6-12)20-15(16)17/h5-8,11,15H,3-4,9-10H2,1-2H3,(H,18,19). The largest absolute Gasteiger partial charge is 0.435 e. The predicted octanol–water partition coefficient (Wildman–Crippen LogP) is 3.38. The topological polar surface area (TPSA) is 38.3 Å². The molecule has 112 valence electrons. The third-order valence-electron chi connectivity index (χ3n) is 3.26. The molecule has 0 radical (unpaired) electrons. The first-order chi connectivity index (χ1) is 9.55. The molecule has 20 heavy (non-hydrogen) atoms. The molecule has 3 nitrogen and oxygen atoms in total. The molecule has 0 aliphatic rings. The van der Waals surface area contributed by atoms with Crippen LogP contribution in [0.5, 0.6) is 5.75 Å². The zero-order chi connectivity index (χ0) is 15.0. The van der Waals surface area contributed by atoms with Crippen molar-refractivity contribution in [2.75, 3.05) is 6.54 Å². The molecule has 1 aromatic carbocycles. The van der Waals surface area contributed by atoms with Crippen molar-refractivity contribution in [3.63, 3.8) is 0 Å². The number of carbonyl (C=O) groups excluding carboxylic acids is 1. The van der Waals surface area contributed by atoms with Crippen LogP contribution in [0.4, 0.5) is 8.78 Å². The van der Waals surface area contributed by atoms with Crippen molar-refractivity contribution in [3.8, 4) is 5.75 Å². The summed E-state index contributed by atoms with van der Waals surface area (Å²) in [4.78, 5) is 11.7. The van der Waals surface area contributed by atoms with Gasteiger partial charge in [-0.05, 0) is 23.6 Å². The van der Waals surface area contributed by atoms with Crippen molar-refractivity contribution >= 4 is 5.91 Å². The molecule has 0 heterocycles. The van der Waals surface area contributed by atoms with Crippen LogP contribution >= 0.6 is 0 Å². The Morgan fingerprint density at radius 1 is 1.20 bits per heavy atom. The second-order valence-electron chi connectivity index (χ2n) is 4.69. The Bertz CT molecular complexity index is 403. The molecule has 0 saturated carbocycles. The summed E-state index contributed by atoms with van der Waals surface area (Å²) in [6.45, 7) is 2.05. The summed E-state index contributed by atoms with van der Waals surface area (Å²) in [5.41, 5.74) is 0.772. The van der Waals surface area contributed by atoms with E-state index in [0.717, 1.165) is 18.4 Å².